The van der Waals surface area contributed by atoms with Crippen molar-refractivity contribution in [2.45, 2.75) is 36.9 Å². The summed E-state index contributed by atoms with van der Waals surface area (Å²) in [5, 5.41) is 10.6. The number of hydrogen-bond donors (Lipinski definition) is 2. The van der Waals surface area contributed by atoms with Crippen LogP contribution in [-0.2, 0) is 14.3 Å². The molecular formula is C20H25N5O3S. The molecule has 0 radical (unpaired) electrons. The van der Waals surface area contributed by atoms with E-state index in [-0.39, 0.29) is 23.8 Å². The van der Waals surface area contributed by atoms with Gasteiger partial charge in [0.15, 0.2) is 5.82 Å². The Bertz CT molecular complexity index is 830. The highest BCUT2D eigenvalue weighted by molar-refractivity contribution is 7.99. The number of piperidine rings is 1. The number of carbonyl (C=O) groups excluding carboxylic acids is 2. The van der Waals surface area contributed by atoms with Crippen LogP contribution >= 0.6 is 11.8 Å². The molecule has 2 aliphatic rings. The summed E-state index contributed by atoms with van der Waals surface area (Å²) in [5.74, 6) is 1.06. The minimum Gasteiger partial charge on any atom is -0.370 e. The number of nitrogens with one attached hydrogen (secondary N) is 2. The first-order chi connectivity index (χ1) is 14.2. The van der Waals surface area contributed by atoms with Crippen molar-refractivity contribution < 1.29 is 14.3 Å². The van der Waals surface area contributed by atoms with Gasteiger partial charge in [0.25, 0.3) is 0 Å². The summed E-state index contributed by atoms with van der Waals surface area (Å²) < 4.78 is 5.59. The van der Waals surface area contributed by atoms with Gasteiger partial charge in [-0.3, -0.25) is 14.7 Å². The number of para-hydroxylation sites is 1. The Hall–Kier alpha value is -2.39. The predicted octanol–water partition coefficient (Wildman–Crippen LogP) is 2.63. The molecule has 2 N–H and O–H groups in total. The zero-order valence-electron chi connectivity index (χ0n) is 16.2. The van der Waals surface area contributed by atoms with Crippen LogP contribution in [0.4, 0.5) is 5.69 Å². The van der Waals surface area contributed by atoms with Crippen molar-refractivity contribution in [1.29, 1.82) is 0 Å². The van der Waals surface area contributed by atoms with Gasteiger partial charge in [0.1, 0.15) is 6.10 Å². The van der Waals surface area contributed by atoms with Gasteiger partial charge < -0.3 is 15.0 Å². The third-order valence-electron chi connectivity index (χ3n) is 5.30. The summed E-state index contributed by atoms with van der Waals surface area (Å²) >= 11 is 1.33. The lowest BCUT2D eigenvalue weighted by Gasteiger charge is -2.31. The number of carbonyl (C=O) groups is 2. The number of thioether (sulfide) groups is 1. The molecule has 2 saturated heterocycles. The lowest BCUT2D eigenvalue weighted by Crippen LogP contribution is -2.42. The quantitative estimate of drug-likeness (QED) is 0.704. The number of rotatable bonds is 6. The van der Waals surface area contributed by atoms with E-state index >= 15 is 0 Å². The van der Waals surface area contributed by atoms with Gasteiger partial charge in [0.2, 0.25) is 17.0 Å². The summed E-state index contributed by atoms with van der Waals surface area (Å²) in [6, 6.07) is 9.46. The molecule has 2 amide bonds. The molecule has 0 spiro atoms. The second kappa shape index (κ2) is 9.41. The van der Waals surface area contributed by atoms with E-state index in [1.54, 1.807) is 0 Å². The molecular weight excluding hydrogens is 390 g/mol. The first kappa shape index (κ1) is 19.9. The van der Waals surface area contributed by atoms with Gasteiger partial charge in [-0.05, 0) is 37.8 Å². The van der Waals surface area contributed by atoms with E-state index in [1.165, 1.54) is 11.8 Å². The van der Waals surface area contributed by atoms with Crippen LogP contribution < -0.4 is 5.32 Å². The second-order valence-corrected chi connectivity index (χ2v) is 8.25. The first-order valence-corrected chi connectivity index (χ1v) is 11.0. The normalized spacial score (nSPS) is 20.0. The Morgan fingerprint density at radius 3 is 2.72 bits per heavy atom. The molecule has 0 aliphatic carbocycles. The average Bonchev–Trinajstić information content (AvgIpc) is 3.45. The maximum absolute atomic E-state index is 12.5. The van der Waals surface area contributed by atoms with Crippen molar-refractivity contribution >= 4 is 29.3 Å². The Labute approximate surface area is 173 Å². The van der Waals surface area contributed by atoms with Gasteiger partial charge in [0, 0.05) is 31.3 Å². The van der Waals surface area contributed by atoms with Gasteiger partial charge in [-0.2, -0.15) is 0 Å². The van der Waals surface area contributed by atoms with Crippen molar-refractivity contribution in [2.75, 3.05) is 30.8 Å². The smallest absolute Gasteiger partial charge is 0.233 e. The third-order valence-corrected chi connectivity index (χ3v) is 6.13. The maximum Gasteiger partial charge on any atom is 0.233 e. The molecule has 1 atom stereocenters. The van der Waals surface area contributed by atoms with Gasteiger partial charge in [-0.25, -0.2) is 4.98 Å². The van der Waals surface area contributed by atoms with E-state index in [2.05, 4.69) is 20.5 Å². The second-order valence-electron chi connectivity index (χ2n) is 7.30. The minimum atomic E-state index is -0.0612. The molecule has 154 valence electrons. The van der Waals surface area contributed by atoms with Gasteiger partial charge in [-0.15, -0.1) is 5.10 Å². The number of hydrogen-bond acceptors (Lipinski definition) is 6. The predicted molar refractivity (Wildman–Crippen MR) is 109 cm³/mol. The van der Waals surface area contributed by atoms with E-state index in [9.17, 15) is 9.59 Å². The number of aromatic amines is 1. The fourth-order valence-electron chi connectivity index (χ4n) is 3.63. The topological polar surface area (TPSA) is 100 Å². The number of ether oxygens (including phenoxy) is 1. The van der Waals surface area contributed by atoms with Crippen LogP contribution in [0, 0.1) is 5.92 Å². The van der Waals surface area contributed by atoms with Crippen LogP contribution in [0.2, 0.25) is 0 Å². The van der Waals surface area contributed by atoms with Gasteiger partial charge >= 0.3 is 0 Å². The zero-order valence-corrected chi connectivity index (χ0v) is 17.0. The largest absolute Gasteiger partial charge is 0.370 e. The summed E-state index contributed by atoms with van der Waals surface area (Å²) in [6.07, 6.45) is 3.34. The number of anilines is 1. The lowest BCUT2D eigenvalue weighted by molar-refractivity contribution is -0.132. The van der Waals surface area contributed by atoms with E-state index in [4.69, 9.17) is 4.74 Å². The number of amides is 2. The Kier molecular flexibility index (Phi) is 6.46. The Morgan fingerprint density at radius 1 is 1.21 bits per heavy atom. The van der Waals surface area contributed by atoms with Crippen LogP contribution in [0.5, 0.6) is 0 Å². The highest BCUT2D eigenvalue weighted by atomic mass is 32.2. The van der Waals surface area contributed by atoms with Crippen LogP contribution in [0.1, 0.15) is 37.6 Å². The Balaban J connectivity index is 1.20. The first-order valence-electron chi connectivity index (χ1n) is 9.99. The molecule has 8 nitrogen and oxygen atoms in total. The van der Waals surface area contributed by atoms with E-state index in [1.807, 2.05) is 35.2 Å². The molecule has 3 heterocycles. The monoisotopic (exact) mass is 415 g/mol. The average molecular weight is 416 g/mol. The van der Waals surface area contributed by atoms with Crippen LogP contribution in [0.3, 0.4) is 0 Å². The minimum absolute atomic E-state index is 0.00591. The number of H-pyrrole nitrogens is 1. The number of aromatic nitrogens is 3. The number of nitrogens with zero attached hydrogens (tertiary/aromatic N) is 3. The maximum atomic E-state index is 12.5. The third kappa shape index (κ3) is 5.16. The fraction of sp³-hybridized carbons (Fsp3) is 0.500. The molecule has 1 unspecified atom stereocenters. The molecule has 0 bridgehead atoms. The molecule has 29 heavy (non-hydrogen) atoms. The number of likely N-dealkylation sites (tertiary alicyclic amines) is 1. The highest BCUT2D eigenvalue weighted by Crippen LogP contribution is 2.27. The van der Waals surface area contributed by atoms with E-state index in [0.29, 0.717) is 36.8 Å². The van der Waals surface area contributed by atoms with Gasteiger partial charge in [-0.1, -0.05) is 30.0 Å². The van der Waals surface area contributed by atoms with Gasteiger partial charge in [0.05, 0.1) is 5.75 Å². The van der Waals surface area contributed by atoms with Crippen LogP contribution in [0.15, 0.2) is 35.5 Å². The molecule has 9 heteroatoms. The summed E-state index contributed by atoms with van der Waals surface area (Å²) in [6.45, 7) is 1.95. The van der Waals surface area contributed by atoms with Crippen LogP contribution in [0.25, 0.3) is 0 Å². The molecule has 1 aromatic carbocycles. The van der Waals surface area contributed by atoms with Crippen molar-refractivity contribution in [3.63, 3.8) is 0 Å². The lowest BCUT2D eigenvalue weighted by atomic mass is 9.96. The molecule has 2 aromatic rings. The Morgan fingerprint density at radius 2 is 2.00 bits per heavy atom. The SMILES string of the molecule is O=C(Nc1ccccc1)C1CCN(C(=O)CSc2n[nH]c(C3CCCO3)n2)CC1. The zero-order chi connectivity index (χ0) is 20.1. The summed E-state index contributed by atoms with van der Waals surface area (Å²) in [5.41, 5.74) is 0.807. The van der Waals surface area contributed by atoms with E-state index in [0.717, 1.165) is 31.0 Å². The molecule has 2 fully saturated rings. The van der Waals surface area contributed by atoms with Crippen molar-refractivity contribution in [3.05, 3.63) is 36.2 Å². The fourth-order valence-corrected chi connectivity index (χ4v) is 4.34. The highest BCUT2D eigenvalue weighted by Gasteiger charge is 2.28. The summed E-state index contributed by atoms with van der Waals surface area (Å²) in [4.78, 5) is 31.2. The summed E-state index contributed by atoms with van der Waals surface area (Å²) in [7, 11) is 0. The standard InChI is InChI=1S/C20H25N5O3S/c26-17(13-29-20-22-18(23-24-20)16-7-4-12-28-16)25-10-8-14(9-11-25)19(27)21-15-5-2-1-3-6-15/h1-3,5-6,14,16H,4,7-13H2,(H,21,27)(H,22,23,24). The molecule has 1 aromatic heterocycles. The van der Waals surface area contributed by atoms with Crippen molar-refractivity contribution in [3.8, 4) is 0 Å². The number of benzene rings is 1. The van der Waals surface area contributed by atoms with Crippen LogP contribution in [-0.4, -0.2) is 57.3 Å². The molecule has 2 aliphatic heterocycles. The molecule has 4 rings (SSSR count). The molecule has 0 saturated carbocycles. The van der Waals surface area contributed by atoms with Crippen molar-refractivity contribution in [2.24, 2.45) is 5.92 Å². The van der Waals surface area contributed by atoms with Crippen molar-refractivity contribution in [1.82, 2.24) is 20.1 Å². The van der Waals surface area contributed by atoms with E-state index < -0.39 is 0 Å².